The van der Waals surface area contributed by atoms with Crippen LogP contribution >= 0.6 is 12.2 Å². The molecule has 0 radical (unpaired) electrons. The van der Waals surface area contributed by atoms with E-state index in [0.717, 1.165) is 29.3 Å². The number of aromatic amines is 2. The molecule has 15 nitrogen and oxygen atoms in total. The van der Waals surface area contributed by atoms with Gasteiger partial charge in [0.05, 0.1) is 44.3 Å². The Morgan fingerprint density at radius 2 is 1.31 bits per heavy atom. The molecule has 55 heavy (non-hydrogen) atoms. The first-order valence-electron chi connectivity index (χ1n) is 16.4. The van der Waals surface area contributed by atoms with Gasteiger partial charge in [0, 0.05) is 12.5 Å². The number of aryl methyl sites for hydroxylation is 2. The number of hydrogen-bond donors (Lipinski definition) is 3. The van der Waals surface area contributed by atoms with Crippen molar-refractivity contribution in [3.8, 4) is 17.2 Å². The Morgan fingerprint density at radius 1 is 0.745 bits per heavy atom. The second-order valence-electron chi connectivity index (χ2n) is 12.2. The number of benzene rings is 4. The number of esters is 1. The summed E-state index contributed by atoms with van der Waals surface area (Å²) < 4.78 is 102. The molecule has 292 valence electrons. The van der Waals surface area contributed by atoms with Crippen molar-refractivity contribution in [2.75, 3.05) is 31.8 Å². The zero-order valence-corrected chi connectivity index (χ0v) is 32.9. The molecular weight excluding hydrogens is 797 g/mol. The average Bonchev–Trinajstić information content (AvgIpc) is 3.52. The van der Waals surface area contributed by atoms with Crippen molar-refractivity contribution in [3.05, 3.63) is 94.8 Å². The molecule has 0 saturated heterocycles. The van der Waals surface area contributed by atoms with Crippen LogP contribution in [-0.2, 0) is 43.8 Å². The number of aliphatic carboxylic acids is 1. The zero-order chi connectivity index (χ0) is 40.1. The summed E-state index contributed by atoms with van der Waals surface area (Å²) in [6.45, 7) is 2.17. The molecule has 0 fully saturated rings. The van der Waals surface area contributed by atoms with Gasteiger partial charge in [0.25, 0.3) is 0 Å². The van der Waals surface area contributed by atoms with Gasteiger partial charge in [-0.05, 0) is 74.6 Å². The molecule has 5 aromatic rings. The van der Waals surface area contributed by atoms with E-state index in [-0.39, 0.29) is 36.5 Å². The Morgan fingerprint density at radius 3 is 1.89 bits per heavy atom. The third kappa shape index (κ3) is 9.71. The van der Waals surface area contributed by atoms with E-state index >= 15 is 0 Å². The largest absolute Gasteiger partial charge is 0.495 e. The zero-order valence-electron chi connectivity index (χ0n) is 29.6. The number of H-pyrrole nitrogens is 2. The van der Waals surface area contributed by atoms with Crippen molar-refractivity contribution in [2.45, 2.75) is 46.0 Å². The predicted octanol–water partition coefficient (Wildman–Crippen LogP) is 4.78. The first-order chi connectivity index (χ1) is 25.9. The molecule has 0 aliphatic carbocycles. The molecule has 0 amide bonds. The van der Waals surface area contributed by atoms with Crippen LogP contribution < -0.4 is 14.2 Å². The number of carboxylic acid groups (broad SMARTS) is 1. The Hall–Kier alpha value is -5.24. The maximum atomic E-state index is 14.2. The van der Waals surface area contributed by atoms with Gasteiger partial charge in [0.15, 0.2) is 48.7 Å². The summed E-state index contributed by atoms with van der Waals surface area (Å²) >= 11 is 5.16. The SMILES string of the molecule is COc1ccc2[nH]c(=S)[nH]c2c1S(=O)(=O)c1ccc(OC(CCS(=O)(=O)c2ccc(C)cc2)C(=O)O)c(OCC(=O)OCCS(=O)(=O)c2ccc(C)cc2)c1. The van der Waals surface area contributed by atoms with Crippen LogP contribution in [0.1, 0.15) is 17.5 Å². The van der Waals surface area contributed by atoms with Crippen LogP contribution in [0.15, 0.2) is 98.4 Å². The maximum Gasteiger partial charge on any atom is 0.344 e. The number of imidazole rings is 1. The van der Waals surface area contributed by atoms with Crippen molar-refractivity contribution in [1.82, 2.24) is 9.97 Å². The number of carbonyl (C=O) groups is 2. The summed E-state index contributed by atoms with van der Waals surface area (Å²) in [7, 11) is -10.9. The summed E-state index contributed by atoms with van der Waals surface area (Å²) in [6, 6.07) is 18.3. The number of nitrogens with one attached hydrogen (secondary N) is 2. The second kappa shape index (κ2) is 16.6. The van der Waals surface area contributed by atoms with Crippen LogP contribution in [0, 0.1) is 18.6 Å². The fourth-order valence-electron chi connectivity index (χ4n) is 5.29. The van der Waals surface area contributed by atoms with Crippen LogP contribution in [0.2, 0.25) is 0 Å². The summed E-state index contributed by atoms with van der Waals surface area (Å²) in [6.07, 6.45) is -2.29. The number of fused-ring (bicyclic) bond motifs is 1. The summed E-state index contributed by atoms with van der Waals surface area (Å²) in [5.41, 5.74) is 2.15. The van der Waals surface area contributed by atoms with Gasteiger partial charge >= 0.3 is 11.9 Å². The highest BCUT2D eigenvalue weighted by Crippen LogP contribution is 2.38. The summed E-state index contributed by atoms with van der Waals surface area (Å²) in [5, 5.41) is 9.99. The smallest absolute Gasteiger partial charge is 0.344 e. The molecule has 3 N–H and O–H groups in total. The second-order valence-corrected chi connectivity index (χ2v) is 18.7. The van der Waals surface area contributed by atoms with Crippen LogP contribution in [0.25, 0.3) is 11.0 Å². The molecule has 1 unspecified atom stereocenters. The van der Waals surface area contributed by atoms with E-state index in [2.05, 4.69) is 9.97 Å². The van der Waals surface area contributed by atoms with Crippen molar-refractivity contribution in [2.24, 2.45) is 0 Å². The first-order valence-corrected chi connectivity index (χ1v) is 21.6. The standard InChI is InChI=1S/C36H36N2O13S4/c1-22-4-8-24(9-5-22)53(42,43)18-16-30(35(40)41)51-28-14-12-26(55(46,47)34-29(48-3)15-13-27-33(34)38-36(52)37-27)20-31(28)50-21-32(39)49-17-19-54(44,45)25-10-6-23(2)7-11-25/h4-15,20,30H,16-19,21H2,1-3H3,(H,40,41)(H2,37,38,52). The van der Waals surface area contributed by atoms with Crippen molar-refractivity contribution < 1.29 is 58.9 Å². The van der Waals surface area contributed by atoms with E-state index in [9.17, 15) is 39.9 Å². The molecule has 0 aliphatic rings. The number of sulfone groups is 3. The Labute approximate surface area is 322 Å². The third-order valence-corrected chi connectivity index (χ3v) is 13.7. The van der Waals surface area contributed by atoms with E-state index in [1.54, 1.807) is 44.2 Å². The molecule has 1 aromatic heterocycles. The highest BCUT2D eigenvalue weighted by atomic mass is 32.2. The van der Waals surface area contributed by atoms with Gasteiger partial charge in [-0.25, -0.2) is 34.8 Å². The first kappa shape index (κ1) is 40.9. The lowest BCUT2D eigenvalue weighted by atomic mass is 10.2. The van der Waals surface area contributed by atoms with Gasteiger partial charge in [-0.15, -0.1) is 0 Å². The number of aromatic nitrogens is 2. The third-order valence-electron chi connectivity index (χ3n) is 8.24. The van der Waals surface area contributed by atoms with Gasteiger partial charge in [-0.2, -0.15) is 0 Å². The van der Waals surface area contributed by atoms with E-state index in [1.165, 1.54) is 37.4 Å². The summed E-state index contributed by atoms with van der Waals surface area (Å²) in [5.74, 6) is -4.53. The Balaban J connectivity index is 1.42. The lowest BCUT2D eigenvalue weighted by Crippen LogP contribution is -2.30. The minimum atomic E-state index is -4.48. The topological polar surface area (TPSA) is 225 Å². The molecule has 0 bridgehead atoms. The number of rotatable bonds is 17. The van der Waals surface area contributed by atoms with Crippen LogP contribution in [0.5, 0.6) is 17.2 Å². The Bertz CT molecular complexity index is 2620. The number of methoxy groups -OCH3 is 1. The highest BCUT2D eigenvalue weighted by Gasteiger charge is 2.30. The number of carbonyl (C=O) groups excluding carboxylic acids is 1. The van der Waals surface area contributed by atoms with Crippen LogP contribution in [0.3, 0.4) is 0 Å². The van der Waals surface area contributed by atoms with Gasteiger partial charge < -0.3 is 34.0 Å². The van der Waals surface area contributed by atoms with E-state index in [0.29, 0.717) is 5.52 Å². The number of hydrogen-bond acceptors (Lipinski definition) is 13. The van der Waals surface area contributed by atoms with Crippen molar-refractivity contribution in [1.29, 1.82) is 0 Å². The van der Waals surface area contributed by atoms with E-state index in [4.69, 9.17) is 31.2 Å². The minimum Gasteiger partial charge on any atom is -0.495 e. The molecule has 19 heteroatoms. The van der Waals surface area contributed by atoms with E-state index in [1.807, 2.05) is 0 Å². The van der Waals surface area contributed by atoms with Gasteiger partial charge in [-0.1, -0.05) is 35.4 Å². The van der Waals surface area contributed by atoms with Gasteiger partial charge in [-0.3, -0.25) is 0 Å². The fraction of sp³-hybridized carbons (Fsp3) is 0.250. The normalized spacial score (nSPS) is 12.6. The fourth-order valence-corrected chi connectivity index (χ4v) is 9.49. The van der Waals surface area contributed by atoms with Crippen molar-refractivity contribution in [3.63, 3.8) is 0 Å². The lowest BCUT2D eigenvalue weighted by molar-refractivity contribution is -0.146. The lowest BCUT2D eigenvalue weighted by Gasteiger charge is -2.19. The van der Waals surface area contributed by atoms with Gasteiger partial charge in [0.2, 0.25) is 9.84 Å². The minimum absolute atomic E-state index is 0.0146. The molecule has 1 atom stereocenters. The maximum absolute atomic E-state index is 14.2. The number of ether oxygens (including phenoxy) is 4. The predicted molar refractivity (Wildman–Crippen MR) is 202 cm³/mol. The van der Waals surface area contributed by atoms with Crippen molar-refractivity contribution >= 4 is 64.7 Å². The molecular formula is C36H36N2O13S4. The highest BCUT2D eigenvalue weighted by molar-refractivity contribution is 7.92. The molecule has 0 aliphatic heterocycles. The monoisotopic (exact) mass is 832 g/mol. The molecule has 1 heterocycles. The Kier molecular flexibility index (Phi) is 12.4. The van der Waals surface area contributed by atoms with Crippen LogP contribution in [0.4, 0.5) is 0 Å². The molecule has 4 aromatic carbocycles. The van der Waals surface area contributed by atoms with Crippen LogP contribution in [-0.4, -0.2) is 90.2 Å². The molecule has 0 saturated carbocycles. The van der Waals surface area contributed by atoms with Gasteiger partial charge in [0.1, 0.15) is 17.3 Å². The number of carboxylic acids is 1. The average molecular weight is 833 g/mol. The quantitative estimate of drug-likeness (QED) is 0.0848. The molecule has 5 rings (SSSR count). The van der Waals surface area contributed by atoms with E-state index < -0.39 is 89.3 Å². The summed E-state index contributed by atoms with van der Waals surface area (Å²) in [4.78, 5) is 30.0. The molecule has 0 spiro atoms.